The second kappa shape index (κ2) is 5.54. The Balaban J connectivity index is 2.79. The minimum absolute atomic E-state index is 0.195. The lowest BCUT2D eigenvalue weighted by molar-refractivity contribution is 0.485. The fourth-order valence-corrected chi connectivity index (χ4v) is 2.36. The molecule has 98 valence electrons. The van der Waals surface area contributed by atoms with Crippen LogP contribution in [0.3, 0.4) is 0 Å². The molecule has 0 saturated heterocycles. The van der Waals surface area contributed by atoms with Gasteiger partial charge in [-0.2, -0.15) is 4.80 Å². The number of likely N-dealkylation sites (N-methyl/N-ethyl adjacent to an activating group) is 1. The predicted molar refractivity (Wildman–Crippen MR) is 64.3 cm³/mol. The highest BCUT2D eigenvalue weighted by molar-refractivity contribution is 7.91. The van der Waals surface area contributed by atoms with E-state index in [2.05, 4.69) is 20.7 Å². The van der Waals surface area contributed by atoms with Crippen molar-refractivity contribution in [2.24, 2.45) is 7.05 Å². The summed E-state index contributed by atoms with van der Waals surface area (Å²) in [6.45, 7) is 4.33. The van der Waals surface area contributed by atoms with E-state index >= 15 is 0 Å². The van der Waals surface area contributed by atoms with Crippen molar-refractivity contribution in [1.29, 1.82) is 0 Å². The number of aryl methyl sites for hydroxylation is 1. The number of rotatable bonds is 6. The van der Waals surface area contributed by atoms with Crippen LogP contribution in [-0.2, 0) is 23.3 Å². The third kappa shape index (κ3) is 4.04. The molecular weight excluding hydrogens is 242 g/mol. The van der Waals surface area contributed by atoms with Gasteiger partial charge in [0.2, 0.25) is 0 Å². The normalized spacial score (nSPS) is 15.8. The highest BCUT2D eigenvalue weighted by atomic mass is 32.2. The summed E-state index contributed by atoms with van der Waals surface area (Å²) in [7, 11) is -1.40. The van der Waals surface area contributed by atoms with Gasteiger partial charge in [0.1, 0.15) is 0 Å². The van der Waals surface area contributed by atoms with Crippen molar-refractivity contribution >= 4 is 9.84 Å². The van der Waals surface area contributed by atoms with Gasteiger partial charge in [-0.15, -0.1) is 10.2 Å². The van der Waals surface area contributed by atoms with Gasteiger partial charge >= 0.3 is 0 Å². The van der Waals surface area contributed by atoms with Gasteiger partial charge in [0.15, 0.2) is 15.7 Å². The fraction of sp³-hybridized carbons (Fsp3) is 0.889. The summed E-state index contributed by atoms with van der Waals surface area (Å²) in [4.78, 5) is 1.36. The molecule has 0 bridgehead atoms. The van der Waals surface area contributed by atoms with Crippen molar-refractivity contribution in [2.45, 2.75) is 31.6 Å². The van der Waals surface area contributed by atoms with E-state index in [4.69, 9.17) is 0 Å². The van der Waals surface area contributed by atoms with Crippen LogP contribution in [0.4, 0.5) is 0 Å². The van der Waals surface area contributed by atoms with Crippen LogP contribution in [0.1, 0.15) is 19.7 Å². The minimum atomic E-state index is -3.08. The molecule has 0 radical (unpaired) electrons. The second-order valence-corrected chi connectivity index (χ2v) is 6.50. The quantitative estimate of drug-likeness (QED) is 0.718. The second-order valence-electron chi connectivity index (χ2n) is 4.10. The molecule has 1 aromatic rings. The lowest BCUT2D eigenvalue weighted by Crippen LogP contribution is -2.44. The first-order chi connectivity index (χ1) is 7.84. The number of hydrogen-bond donors (Lipinski definition) is 1. The largest absolute Gasteiger partial charge is 0.313 e. The van der Waals surface area contributed by atoms with Gasteiger partial charge in [-0.05, 0) is 18.7 Å². The summed E-state index contributed by atoms with van der Waals surface area (Å²) in [6, 6.07) is -0.195. The molecule has 0 fully saturated rings. The van der Waals surface area contributed by atoms with Gasteiger partial charge in [0.05, 0.1) is 12.3 Å². The van der Waals surface area contributed by atoms with E-state index in [0.717, 1.165) is 0 Å². The first kappa shape index (κ1) is 14.0. The molecule has 0 aliphatic heterocycles. The van der Waals surface area contributed by atoms with Gasteiger partial charge in [0, 0.05) is 18.7 Å². The molecule has 0 aliphatic carbocycles. The standard InChI is InChI=1S/C9H19N5O2S/c1-5-10-8(7(2)17(4,15)16)6-9-11-13-14(3)12-9/h7-8,10H,5-6H2,1-4H3. The monoisotopic (exact) mass is 261 g/mol. The number of tetrazole rings is 1. The van der Waals surface area contributed by atoms with Crippen LogP contribution >= 0.6 is 0 Å². The van der Waals surface area contributed by atoms with E-state index < -0.39 is 15.1 Å². The molecule has 0 aromatic carbocycles. The van der Waals surface area contributed by atoms with Crippen LogP contribution in [0.5, 0.6) is 0 Å². The van der Waals surface area contributed by atoms with E-state index in [1.807, 2.05) is 6.92 Å². The van der Waals surface area contributed by atoms with Gasteiger partial charge in [0.25, 0.3) is 0 Å². The predicted octanol–water partition coefficient (Wildman–Crippen LogP) is -0.836. The maximum Gasteiger partial charge on any atom is 0.176 e. The Kier molecular flexibility index (Phi) is 4.58. The molecule has 17 heavy (non-hydrogen) atoms. The van der Waals surface area contributed by atoms with Gasteiger partial charge < -0.3 is 5.32 Å². The molecule has 1 N–H and O–H groups in total. The molecule has 7 nitrogen and oxygen atoms in total. The van der Waals surface area contributed by atoms with Gasteiger partial charge in [-0.1, -0.05) is 6.92 Å². The average molecular weight is 261 g/mol. The summed E-state index contributed by atoms with van der Waals surface area (Å²) >= 11 is 0. The van der Waals surface area contributed by atoms with E-state index in [1.165, 1.54) is 11.1 Å². The van der Waals surface area contributed by atoms with Crippen LogP contribution < -0.4 is 5.32 Å². The number of nitrogens with zero attached hydrogens (tertiary/aromatic N) is 4. The summed E-state index contributed by atoms with van der Waals surface area (Å²) in [5.74, 6) is 0.550. The Morgan fingerprint density at radius 2 is 2.12 bits per heavy atom. The lowest BCUT2D eigenvalue weighted by Gasteiger charge is -2.22. The maximum absolute atomic E-state index is 11.5. The summed E-state index contributed by atoms with van der Waals surface area (Å²) in [5, 5.41) is 14.3. The first-order valence-electron chi connectivity index (χ1n) is 5.49. The van der Waals surface area contributed by atoms with Crippen molar-refractivity contribution in [3.8, 4) is 0 Å². The van der Waals surface area contributed by atoms with E-state index in [-0.39, 0.29) is 6.04 Å². The van der Waals surface area contributed by atoms with Crippen LogP contribution in [0, 0.1) is 0 Å². The van der Waals surface area contributed by atoms with Gasteiger partial charge in [-0.25, -0.2) is 8.42 Å². The SMILES string of the molecule is CCNC(Cc1nnn(C)n1)C(C)S(C)(=O)=O. The van der Waals surface area contributed by atoms with Crippen molar-refractivity contribution in [1.82, 2.24) is 25.5 Å². The highest BCUT2D eigenvalue weighted by Crippen LogP contribution is 2.08. The molecule has 0 saturated carbocycles. The fourth-order valence-electron chi connectivity index (χ4n) is 1.57. The molecule has 1 rings (SSSR count). The topological polar surface area (TPSA) is 89.8 Å². The average Bonchev–Trinajstić information content (AvgIpc) is 2.61. The van der Waals surface area contributed by atoms with E-state index in [0.29, 0.717) is 18.8 Å². The first-order valence-corrected chi connectivity index (χ1v) is 7.45. The van der Waals surface area contributed by atoms with Crippen molar-refractivity contribution < 1.29 is 8.42 Å². The van der Waals surface area contributed by atoms with Crippen LogP contribution in [-0.4, -0.2) is 52.7 Å². The number of hydrogen-bond acceptors (Lipinski definition) is 6. The number of sulfone groups is 1. The van der Waals surface area contributed by atoms with Crippen molar-refractivity contribution in [2.75, 3.05) is 12.8 Å². The Bertz CT molecular complexity index is 456. The lowest BCUT2D eigenvalue weighted by atomic mass is 10.1. The Morgan fingerprint density at radius 1 is 1.47 bits per heavy atom. The summed E-state index contributed by atoms with van der Waals surface area (Å²) in [5.41, 5.74) is 0. The summed E-state index contributed by atoms with van der Waals surface area (Å²) < 4.78 is 23.1. The van der Waals surface area contributed by atoms with Crippen LogP contribution in [0.15, 0.2) is 0 Å². The zero-order valence-corrected chi connectivity index (χ0v) is 11.4. The molecule has 0 aliphatic rings. The van der Waals surface area contributed by atoms with Crippen LogP contribution in [0.25, 0.3) is 0 Å². The molecule has 0 spiro atoms. The third-order valence-corrected chi connectivity index (χ3v) is 4.34. The van der Waals surface area contributed by atoms with Gasteiger partial charge in [-0.3, -0.25) is 0 Å². The van der Waals surface area contributed by atoms with Crippen molar-refractivity contribution in [3.05, 3.63) is 5.82 Å². The minimum Gasteiger partial charge on any atom is -0.313 e. The van der Waals surface area contributed by atoms with Crippen molar-refractivity contribution in [3.63, 3.8) is 0 Å². The Hall–Kier alpha value is -1.02. The van der Waals surface area contributed by atoms with E-state index in [1.54, 1.807) is 14.0 Å². The zero-order chi connectivity index (χ0) is 13.1. The Morgan fingerprint density at radius 3 is 2.53 bits per heavy atom. The third-order valence-electron chi connectivity index (χ3n) is 2.66. The summed E-state index contributed by atoms with van der Waals surface area (Å²) in [6.07, 6.45) is 1.70. The molecule has 1 aromatic heterocycles. The van der Waals surface area contributed by atoms with E-state index in [9.17, 15) is 8.42 Å². The molecule has 2 unspecified atom stereocenters. The molecule has 8 heteroatoms. The van der Waals surface area contributed by atoms with Crippen LogP contribution in [0.2, 0.25) is 0 Å². The highest BCUT2D eigenvalue weighted by Gasteiger charge is 2.26. The maximum atomic E-state index is 11.5. The number of nitrogens with one attached hydrogen (secondary N) is 1. The molecule has 2 atom stereocenters. The zero-order valence-electron chi connectivity index (χ0n) is 10.6. The smallest absolute Gasteiger partial charge is 0.176 e. The molecule has 1 heterocycles. The molecular formula is C9H19N5O2S. The number of aromatic nitrogens is 4. The Labute approximate surface area is 102 Å². The molecule has 0 amide bonds.